The van der Waals surface area contributed by atoms with E-state index < -0.39 is 17.2 Å². The van der Waals surface area contributed by atoms with Crippen molar-refractivity contribution in [1.82, 2.24) is 5.06 Å². The molecule has 0 aliphatic carbocycles. The van der Waals surface area contributed by atoms with Gasteiger partial charge in [0.2, 0.25) is 0 Å². The Morgan fingerprint density at radius 3 is 2.67 bits per heavy atom. The van der Waals surface area contributed by atoms with E-state index in [4.69, 9.17) is 33.4 Å². The number of hydroxylamine groups is 2. The number of hydrogen-bond acceptors (Lipinski definition) is 6. The van der Waals surface area contributed by atoms with Crippen molar-refractivity contribution in [2.75, 3.05) is 19.0 Å². The summed E-state index contributed by atoms with van der Waals surface area (Å²) in [6, 6.07) is 5.00. The van der Waals surface area contributed by atoms with Crippen molar-refractivity contribution in [1.29, 1.82) is 0 Å². The number of thiocarbonyl (C=S) groups is 1. The smallest absolute Gasteiger partial charge is 0.320 e. The van der Waals surface area contributed by atoms with Gasteiger partial charge in [0.15, 0.2) is 5.75 Å². The molecular formula is C18H21ClN2O5S. The Hall–Kier alpha value is -2.32. The van der Waals surface area contributed by atoms with E-state index in [2.05, 4.69) is 5.32 Å². The van der Waals surface area contributed by atoms with Gasteiger partial charge in [-0.15, -0.1) is 0 Å². The van der Waals surface area contributed by atoms with Crippen molar-refractivity contribution in [3.63, 3.8) is 0 Å². The molecule has 7 nitrogen and oxygen atoms in total. The zero-order chi connectivity index (χ0) is 20.4. The van der Waals surface area contributed by atoms with E-state index in [1.807, 2.05) is 20.8 Å². The second-order valence-corrected chi connectivity index (χ2v) is 7.84. The van der Waals surface area contributed by atoms with Crippen molar-refractivity contribution < 1.29 is 24.3 Å². The molecule has 1 amide bonds. The summed E-state index contributed by atoms with van der Waals surface area (Å²) in [4.78, 5) is 28.2. The second kappa shape index (κ2) is 8.14. The summed E-state index contributed by atoms with van der Waals surface area (Å²) >= 11 is 11.5. The Balaban J connectivity index is 2.46. The first-order chi connectivity index (χ1) is 12.6. The summed E-state index contributed by atoms with van der Waals surface area (Å²) in [6.45, 7) is 5.89. The third kappa shape index (κ3) is 4.33. The zero-order valence-electron chi connectivity index (χ0n) is 15.4. The normalized spacial score (nSPS) is 17.6. The van der Waals surface area contributed by atoms with Gasteiger partial charge in [-0.1, -0.05) is 50.7 Å². The molecule has 1 unspecified atom stereocenters. The van der Waals surface area contributed by atoms with E-state index in [-0.39, 0.29) is 29.3 Å². The summed E-state index contributed by atoms with van der Waals surface area (Å²) in [5, 5.41) is 14.9. The number of nitrogens with one attached hydrogen (secondary N) is 1. The maximum absolute atomic E-state index is 12.7. The third-order valence-electron chi connectivity index (χ3n) is 4.24. The number of para-hydroxylation sites is 1. The van der Waals surface area contributed by atoms with Crippen LogP contribution < -0.4 is 10.1 Å². The van der Waals surface area contributed by atoms with Crippen molar-refractivity contribution in [2.45, 2.75) is 20.8 Å². The minimum absolute atomic E-state index is 0.0273. The largest absolute Gasteiger partial charge is 0.511 e. The molecule has 0 fully saturated rings. The number of aliphatic hydroxyl groups excluding tert-OH is 1. The Kier molecular flexibility index (Phi) is 6.33. The van der Waals surface area contributed by atoms with E-state index >= 15 is 0 Å². The van der Waals surface area contributed by atoms with Crippen LogP contribution in [-0.2, 0) is 14.4 Å². The number of carbonyl (C=O) groups excluding carboxylic acids is 2. The minimum Gasteiger partial charge on any atom is -0.511 e. The van der Waals surface area contributed by atoms with Gasteiger partial charge >= 0.3 is 6.47 Å². The van der Waals surface area contributed by atoms with Gasteiger partial charge in [-0.05, 0) is 17.5 Å². The van der Waals surface area contributed by atoms with E-state index in [0.29, 0.717) is 16.5 Å². The summed E-state index contributed by atoms with van der Waals surface area (Å²) in [7, 11) is 1.45. The Morgan fingerprint density at radius 2 is 2.11 bits per heavy atom. The molecule has 0 spiro atoms. The number of nitrogens with zero attached hydrogens (tertiary/aromatic N) is 1. The van der Waals surface area contributed by atoms with Gasteiger partial charge in [-0.25, -0.2) is 0 Å². The van der Waals surface area contributed by atoms with E-state index in [1.54, 1.807) is 18.2 Å². The fourth-order valence-corrected chi connectivity index (χ4v) is 3.34. The molecule has 1 aromatic rings. The molecule has 1 aliphatic rings. The molecule has 146 valence electrons. The second-order valence-electron chi connectivity index (χ2n) is 7.02. The van der Waals surface area contributed by atoms with Gasteiger partial charge in [-0.3, -0.25) is 9.59 Å². The van der Waals surface area contributed by atoms with Gasteiger partial charge in [-0.2, -0.15) is 5.06 Å². The third-order valence-corrected chi connectivity index (χ3v) is 4.84. The molecule has 2 N–H and O–H groups in total. The molecule has 0 aromatic heterocycles. The van der Waals surface area contributed by atoms with Gasteiger partial charge in [0.25, 0.3) is 5.91 Å². The van der Waals surface area contributed by atoms with Crippen LogP contribution in [0.2, 0.25) is 5.02 Å². The summed E-state index contributed by atoms with van der Waals surface area (Å²) in [5.41, 5.74) is -0.118. The highest BCUT2D eigenvalue weighted by Gasteiger charge is 2.42. The molecule has 0 saturated carbocycles. The van der Waals surface area contributed by atoms with Crippen LogP contribution in [0.15, 0.2) is 29.5 Å². The van der Waals surface area contributed by atoms with Crippen molar-refractivity contribution >= 4 is 46.9 Å². The molecule has 1 atom stereocenters. The maximum Gasteiger partial charge on any atom is 0.320 e. The van der Waals surface area contributed by atoms with Crippen LogP contribution in [0.25, 0.3) is 0 Å². The standard InChI is InChI=1S/C18H21ClN2O5S/c1-18(2,3)10-8-21(26-9-22)17(24)13(14(10)23)16(27)20-12-7-5-6-11(19)15(12)25-4/h5-7,9-10,23H,8H2,1-4H3,(H,20,27). The van der Waals surface area contributed by atoms with E-state index in [1.165, 1.54) is 7.11 Å². The summed E-state index contributed by atoms with van der Waals surface area (Å²) in [6.07, 6.45) is 0. The summed E-state index contributed by atoms with van der Waals surface area (Å²) in [5.74, 6) is -1.00. The lowest BCUT2D eigenvalue weighted by molar-refractivity contribution is -0.190. The molecule has 1 aromatic carbocycles. The molecule has 1 aliphatic heterocycles. The number of carbonyl (C=O) groups is 2. The minimum atomic E-state index is -0.710. The number of rotatable bonds is 5. The number of methoxy groups -OCH3 is 1. The molecule has 0 bridgehead atoms. The average Bonchev–Trinajstić information content (AvgIpc) is 2.56. The topological polar surface area (TPSA) is 88.1 Å². The van der Waals surface area contributed by atoms with Crippen LogP contribution in [0.5, 0.6) is 5.75 Å². The highest BCUT2D eigenvalue weighted by molar-refractivity contribution is 7.81. The van der Waals surface area contributed by atoms with Crippen molar-refractivity contribution in [2.24, 2.45) is 11.3 Å². The molecule has 9 heteroatoms. The van der Waals surface area contributed by atoms with Crippen LogP contribution >= 0.6 is 23.8 Å². The van der Waals surface area contributed by atoms with Crippen molar-refractivity contribution in [3.05, 3.63) is 34.6 Å². The van der Waals surface area contributed by atoms with Crippen LogP contribution in [0.3, 0.4) is 0 Å². The SMILES string of the molecule is COc1c(Cl)cccc1NC(=S)C1=C(O)C(C(C)(C)C)CN(OC=O)C1=O. The van der Waals surface area contributed by atoms with E-state index in [9.17, 15) is 14.7 Å². The monoisotopic (exact) mass is 412 g/mol. The van der Waals surface area contributed by atoms with Crippen LogP contribution in [0, 0.1) is 11.3 Å². The Bertz CT molecular complexity index is 803. The molecule has 1 heterocycles. The lowest BCUT2D eigenvalue weighted by Gasteiger charge is -2.38. The van der Waals surface area contributed by atoms with Gasteiger partial charge < -0.3 is 20.0 Å². The first-order valence-corrected chi connectivity index (χ1v) is 8.89. The number of halogens is 1. The highest BCUT2D eigenvalue weighted by atomic mass is 35.5. The fraction of sp³-hybridized carbons (Fsp3) is 0.389. The predicted molar refractivity (Wildman–Crippen MR) is 106 cm³/mol. The molecule has 27 heavy (non-hydrogen) atoms. The van der Waals surface area contributed by atoms with E-state index in [0.717, 1.165) is 5.06 Å². The lowest BCUT2D eigenvalue weighted by Crippen LogP contribution is -2.47. The number of anilines is 1. The molecule has 0 radical (unpaired) electrons. The zero-order valence-corrected chi connectivity index (χ0v) is 17.0. The van der Waals surface area contributed by atoms with Gasteiger partial charge in [0.05, 0.1) is 24.4 Å². The maximum atomic E-state index is 12.7. The number of amides is 1. The quantitative estimate of drug-likeness (QED) is 0.565. The Labute approximate surface area is 167 Å². The lowest BCUT2D eigenvalue weighted by atomic mass is 9.76. The van der Waals surface area contributed by atoms with Gasteiger partial charge in [0.1, 0.15) is 16.3 Å². The van der Waals surface area contributed by atoms with Crippen LogP contribution in [0.4, 0.5) is 5.69 Å². The molecule has 2 rings (SSSR count). The van der Waals surface area contributed by atoms with Crippen LogP contribution in [0.1, 0.15) is 20.8 Å². The molecular weight excluding hydrogens is 392 g/mol. The number of hydrogen-bond donors (Lipinski definition) is 2. The molecule has 0 saturated heterocycles. The first kappa shape index (κ1) is 21.0. The predicted octanol–water partition coefficient (Wildman–Crippen LogP) is 3.49. The Morgan fingerprint density at radius 1 is 1.44 bits per heavy atom. The first-order valence-electron chi connectivity index (χ1n) is 8.11. The fourth-order valence-electron chi connectivity index (χ4n) is 2.78. The number of benzene rings is 1. The van der Waals surface area contributed by atoms with Crippen molar-refractivity contribution in [3.8, 4) is 5.75 Å². The summed E-state index contributed by atoms with van der Waals surface area (Å²) < 4.78 is 5.25. The average molecular weight is 413 g/mol. The highest BCUT2D eigenvalue weighted by Crippen LogP contribution is 2.38. The number of aliphatic hydroxyl groups is 1. The van der Waals surface area contributed by atoms with Gasteiger partial charge in [0, 0.05) is 5.92 Å². The number of ether oxygens (including phenoxy) is 1. The van der Waals surface area contributed by atoms with Crippen LogP contribution in [-0.4, -0.2) is 41.2 Å².